The Bertz CT molecular complexity index is 843. The highest BCUT2D eigenvalue weighted by atomic mass is 32.2. The number of anilines is 1. The molecule has 0 radical (unpaired) electrons. The van der Waals surface area contributed by atoms with Gasteiger partial charge in [-0.05, 0) is 55.1 Å². The van der Waals surface area contributed by atoms with Gasteiger partial charge in [-0.1, -0.05) is 0 Å². The normalized spacial score (nSPS) is 15.6. The average molecular weight is 372 g/mol. The van der Waals surface area contributed by atoms with E-state index in [0.29, 0.717) is 23.8 Å². The van der Waals surface area contributed by atoms with Crippen molar-refractivity contribution in [1.82, 2.24) is 4.90 Å². The van der Waals surface area contributed by atoms with Crippen molar-refractivity contribution in [3.8, 4) is 5.75 Å². The second kappa shape index (κ2) is 7.92. The van der Waals surface area contributed by atoms with Gasteiger partial charge in [0.25, 0.3) is 11.1 Å². The minimum absolute atomic E-state index is 0.221. The van der Waals surface area contributed by atoms with Crippen LogP contribution in [-0.4, -0.2) is 35.1 Å². The van der Waals surface area contributed by atoms with Gasteiger partial charge in [-0.25, -0.2) is 0 Å². The van der Waals surface area contributed by atoms with Crippen LogP contribution in [0.25, 0.3) is 6.08 Å². The smallest absolute Gasteiger partial charge is 0.294 e. The van der Waals surface area contributed by atoms with Gasteiger partial charge >= 0.3 is 0 Å². The van der Waals surface area contributed by atoms with Crippen LogP contribution < -0.4 is 10.1 Å². The van der Waals surface area contributed by atoms with E-state index < -0.39 is 17.1 Å². The van der Waals surface area contributed by atoms with E-state index in [2.05, 4.69) is 5.32 Å². The minimum atomic E-state index is -0.516. The van der Waals surface area contributed by atoms with Gasteiger partial charge in [-0.15, -0.1) is 0 Å². The molecule has 0 saturated carbocycles. The molecule has 2 aromatic rings. The van der Waals surface area contributed by atoms with Crippen LogP contribution in [0.4, 0.5) is 10.5 Å². The number of ether oxygens (including phenoxy) is 1. The summed E-state index contributed by atoms with van der Waals surface area (Å²) in [6.45, 7) is 2.08. The number of nitrogens with zero attached hydrogens (tertiary/aromatic N) is 1. The third kappa shape index (κ3) is 4.15. The molecule has 1 aliphatic heterocycles. The summed E-state index contributed by atoms with van der Waals surface area (Å²) in [5, 5.41) is 2.16. The summed E-state index contributed by atoms with van der Waals surface area (Å²) in [6, 6.07) is 10.2. The Labute approximate surface area is 154 Å². The van der Waals surface area contributed by atoms with Crippen LogP contribution in [-0.2, 0) is 9.59 Å². The Balaban J connectivity index is 1.62. The van der Waals surface area contributed by atoms with E-state index in [9.17, 15) is 14.4 Å². The lowest BCUT2D eigenvalue weighted by molar-refractivity contribution is -0.127. The molecule has 1 saturated heterocycles. The van der Waals surface area contributed by atoms with Crippen molar-refractivity contribution in [2.45, 2.75) is 6.92 Å². The maximum Gasteiger partial charge on any atom is 0.294 e. The Kier molecular flexibility index (Phi) is 5.43. The zero-order chi connectivity index (χ0) is 18.5. The van der Waals surface area contributed by atoms with Crippen molar-refractivity contribution < 1.29 is 23.5 Å². The van der Waals surface area contributed by atoms with E-state index in [0.717, 1.165) is 16.7 Å². The number of hydrogen-bond acceptors (Lipinski definition) is 6. The van der Waals surface area contributed by atoms with Crippen LogP contribution in [0, 0.1) is 0 Å². The molecule has 0 atom stereocenters. The zero-order valence-electron chi connectivity index (χ0n) is 13.9. The summed E-state index contributed by atoms with van der Waals surface area (Å²) in [5.41, 5.74) is 0.552. The van der Waals surface area contributed by atoms with Gasteiger partial charge in [0.2, 0.25) is 5.91 Å². The lowest BCUT2D eigenvalue weighted by Gasteiger charge is -2.12. The number of thioether (sulfide) groups is 1. The lowest BCUT2D eigenvalue weighted by atomic mass is 10.3. The summed E-state index contributed by atoms with van der Waals surface area (Å²) < 4.78 is 10.5. The van der Waals surface area contributed by atoms with E-state index in [1.807, 2.05) is 6.92 Å². The van der Waals surface area contributed by atoms with Crippen molar-refractivity contribution >= 4 is 40.6 Å². The van der Waals surface area contributed by atoms with Crippen LogP contribution in [0.15, 0.2) is 52.0 Å². The fourth-order valence-electron chi connectivity index (χ4n) is 2.28. The fourth-order valence-corrected chi connectivity index (χ4v) is 3.10. The molecule has 26 heavy (non-hydrogen) atoms. The van der Waals surface area contributed by atoms with Gasteiger partial charge in [-0.3, -0.25) is 19.3 Å². The van der Waals surface area contributed by atoms with Gasteiger partial charge in [0.15, 0.2) is 0 Å². The number of furan rings is 1. The number of benzene rings is 1. The molecule has 0 unspecified atom stereocenters. The van der Waals surface area contributed by atoms with Crippen LogP contribution >= 0.6 is 11.8 Å². The predicted octanol–water partition coefficient (Wildman–Crippen LogP) is 3.35. The molecule has 7 nitrogen and oxygen atoms in total. The van der Waals surface area contributed by atoms with Crippen molar-refractivity contribution in [2.75, 3.05) is 18.5 Å². The molecule has 3 amide bonds. The fraction of sp³-hybridized carbons (Fsp3) is 0.167. The molecule has 1 aromatic carbocycles. The summed E-state index contributed by atoms with van der Waals surface area (Å²) in [6.07, 6.45) is 2.95. The van der Waals surface area contributed by atoms with Crippen LogP contribution in [0.3, 0.4) is 0 Å². The predicted molar refractivity (Wildman–Crippen MR) is 97.6 cm³/mol. The summed E-state index contributed by atoms with van der Waals surface area (Å²) >= 11 is 0.778. The molecule has 0 aliphatic carbocycles. The van der Waals surface area contributed by atoms with Gasteiger partial charge < -0.3 is 14.5 Å². The highest BCUT2D eigenvalue weighted by molar-refractivity contribution is 8.18. The molecule has 1 N–H and O–H groups in total. The number of rotatable bonds is 6. The van der Waals surface area contributed by atoms with Gasteiger partial charge in [0, 0.05) is 11.8 Å². The van der Waals surface area contributed by atoms with E-state index in [-0.39, 0.29) is 11.4 Å². The zero-order valence-corrected chi connectivity index (χ0v) is 14.7. The standard InChI is InChI=1S/C18H16N2O5S/c1-2-24-13-7-5-12(6-8-13)19-16(21)11-20-17(22)15(26-18(20)23)10-14-4-3-9-25-14/h3-10H,2,11H2,1H3,(H,19,21)/b15-10-. The van der Waals surface area contributed by atoms with Crippen molar-refractivity contribution in [2.24, 2.45) is 0 Å². The average Bonchev–Trinajstić information content (AvgIpc) is 3.21. The van der Waals surface area contributed by atoms with Crippen molar-refractivity contribution in [1.29, 1.82) is 0 Å². The second-order valence-electron chi connectivity index (χ2n) is 5.29. The number of carbonyl (C=O) groups is 3. The maximum absolute atomic E-state index is 12.3. The summed E-state index contributed by atoms with van der Waals surface area (Å²) in [4.78, 5) is 37.6. The first-order valence-electron chi connectivity index (χ1n) is 7.88. The first kappa shape index (κ1) is 17.8. The number of carbonyl (C=O) groups excluding carboxylic acids is 3. The van der Waals surface area contributed by atoms with E-state index >= 15 is 0 Å². The van der Waals surface area contributed by atoms with Crippen LogP contribution in [0.2, 0.25) is 0 Å². The molecule has 8 heteroatoms. The molecule has 0 bridgehead atoms. The molecule has 0 spiro atoms. The summed E-state index contributed by atoms with van der Waals surface area (Å²) in [7, 11) is 0. The van der Waals surface area contributed by atoms with Gasteiger partial charge in [0.1, 0.15) is 18.1 Å². The number of amides is 3. The Morgan fingerprint density at radius 3 is 2.69 bits per heavy atom. The van der Waals surface area contributed by atoms with Crippen LogP contribution in [0.1, 0.15) is 12.7 Å². The topological polar surface area (TPSA) is 88.8 Å². The Hall–Kier alpha value is -3.00. The Morgan fingerprint density at radius 2 is 2.04 bits per heavy atom. The van der Waals surface area contributed by atoms with Crippen molar-refractivity contribution in [3.05, 3.63) is 53.3 Å². The first-order chi connectivity index (χ1) is 12.6. The SMILES string of the molecule is CCOc1ccc(NC(=O)CN2C(=O)S/C(=C\c3ccco3)C2=O)cc1. The van der Waals surface area contributed by atoms with Gasteiger partial charge in [-0.2, -0.15) is 0 Å². The lowest BCUT2D eigenvalue weighted by Crippen LogP contribution is -2.36. The second-order valence-corrected chi connectivity index (χ2v) is 6.28. The minimum Gasteiger partial charge on any atom is -0.494 e. The van der Waals surface area contributed by atoms with Gasteiger partial charge in [0.05, 0.1) is 17.8 Å². The Morgan fingerprint density at radius 1 is 1.27 bits per heavy atom. The number of hydrogen-bond donors (Lipinski definition) is 1. The maximum atomic E-state index is 12.3. The molecule has 1 fully saturated rings. The molecule has 1 aliphatic rings. The molecule has 2 heterocycles. The largest absolute Gasteiger partial charge is 0.494 e. The highest BCUT2D eigenvalue weighted by Crippen LogP contribution is 2.32. The quantitative estimate of drug-likeness (QED) is 0.782. The third-order valence-electron chi connectivity index (χ3n) is 3.44. The monoisotopic (exact) mass is 372 g/mol. The number of nitrogens with one attached hydrogen (secondary N) is 1. The first-order valence-corrected chi connectivity index (χ1v) is 8.70. The highest BCUT2D eigenvalue weighted by Gasteiger charge is 2.36. The van der Waals surface area contributed by atoms with Crippen molar-refractivity contribution in [3.63, 3.8) is 0 Å². The van der Waals surface area contributed by atoms with E-state index in [1.54, 1.807) is 36.4 Å². The number of imide groups is 1. The molecule has 3 rings (SSSR count). The van der Waals surface area contributed by atoms with E-state index in [4.69, 9.17) is 9.15 Å². The molecular weight excluding hydrogens is 356 g/mol. The van der Waals surface area contributed by atoms with E-state index in [1.165, 1.54) is 12.3 Å². The summed E-state index contributed by atoms with van der Waals surface area (Å²) in [5.74, 6) is 0.183. The molecule has 1 aromatic heterocycles. The molecular formula is C18H16N2O5S. The van der Waals surface area contributed by atoms with Crippen LogP contribution in [0.5, 0.6) is 5.75 Å². The third-order valence-corrected chi connectivity index (χ3v) is 4.35. The molecule has 134 valence electrons.